The summed E-state index contributed by atoms with van der Waals surface area (Å²) in [7, 11) is 3.31. The number of hydrogen-bond acceptors (Lipinski definition) is 5. The van der Waals surface area contributed by atoms with Crippen molar-refractivity contribution in [2.75, 3.05) is 20.0 Å². The number of methoxy groups -OCH3 is 2. The van der Waals surface area contributed by atoms with Crippen LogP contribution in [0, 0.1) is 0 Å². The minimum atomic E-state index is 0.455. The van der Waals surface area contributed by atoms with E-state index in [4.69, 9.17) is 15.2 Å². The van der Waals surface area contributed by atoms with E-state index in [-0.39, 0.29) is 0 Å². The SMILES string of the molecule is COc1ccc(Cn2c(-c3ccccc3)c(-c3ccccc3)c3c(N)ncnc32)c(OC)c1. The van der Waals surface area contributed by atoms with E-state index < -0.39 is 0 Å². The molecule has 0 aliphatic carbocycles. The molecule has 2 heterocycles. The summed E-state index contributed by atoms with van der Waals surface area (Å²) in [5.41, 5.74) is 12.4. The second-order valence-corrected chi connectivity index (χ2v) is 7.68. The first-order valence-corrected chi connectivity index (χ1v) is 10.7. The maximum Gasteiger partial charge on any atom is 0.146 e. The summed E-state index contributed by atoms with van der Waals surface area (Å²) in [5.74, 6) is 1.95. The predicted molar refractivity (Wildman–Crippen MR) is 131 cm³/mol. The van der Waals surface area contributed by atoms with E-state index in [9.17, 15) is 0 Å². The molecular formula is C27H24N4O2. The van der Waals surface area contributed by atoms with Crippen LogP contribution in [0.5, 0.6) is 11.5 Å². The Kier molecular flexibility index (Phi) is 5.40. The number of aromatic nitrogens is 3. The van der Waals surface area contributed by atoms with E-state index in [2.05, 4.69) is 38.8 Å². The number of nitrogen functional groups attached to an aromatic ring is 1. The van der Waals surface area contributed by atoms with Gasteiger partial charge in [-0.25, -0.2) is 9.97 Å². The Morgan fingerprint density at radius 2 is 1.52 bits per heavy atom. The third-order valence-electron chi connectivity index (χ3n) is 5.80. The van der Waals surface area contributed by atoms with Gasteiger partial charge < -0.3 is 19.8 Å². The van der Waals surface area contributed by atoms with E-state index in [0.29, 0.717) is 12.4 Å². The lowest BCUT2D eigenvalue weighted by Crippen LogP contribution is -2.05. The number of benzene rings is 3. The summed E-state index contributed by atoms with van der Waals surface area (Å²) in [6.45, 7) is 0.539. The number of rotatable bonds is 6. The van der Waals surface area contributed by atoms with E-state index >= 15 is 0 Å². The third-order valence-corrected chi connectivity index (χ3v) is 5.80. The summed E-state index contributed by atoms with van der Waals surface area (Å²) < 4.78 is 13.3. The number of nitrogens with two attached hydrogens (primary N) is 1. The van der Waals surface area contributed by atoms with Gasteiger partial charge in [0.25, 0.3) is 0 Å². The zero-order chi connectivity index (χ0) is 22.8. The van der Waals surface area contributed by atoms with Crippen molar-refractivity contribution < 1.29 is 9.47 Å². The van der Waals surface area contributed by atoms with E-state index in [1.54, 1.807) is 14.2 Å². The lowest BCUT2D eigenvalue weighted by molar-refractivity contribution is 0.390. The highest BCUT2D eigenvalue weighted by Crippen LogP contribution is 2.42. The fourth-order valence-electron chi connectivity index (χ4n) is 4.28. The van der Waals surface area contributed by atoms with Crippen LogP contribution in [0.3, 0.4) is 0 Å². The van der Waals surface area contributed by atoms with Gasteiger partial charge in [0.15, 0.2) is 0 Å². The smallest absolute Gasteiger partial charge is 0.146 e. The largest absolute Gasteiger partial charge is 0.497 e. The van der Waals surface area contributed by atoms with Gasteiger partial charge in [-0.3, -0.25) is 0 Å². The maximum atomic E-state index is 6.44. The van der Waals surface area contributed by atoms with Gasteiger partial charge in [0, 0.05) is 17.2 Å². The third kappa shape index (κ3) is 3.65. The second-order valence-electron chi connectivity index (χ2n) is 7.68. The Bertz CT molecular complexity index is 1410. The maximum absolute atomic E-state index is 6.44. The second kappa shape index (κ2) is 8.67. The van der Waals surface area contributed by atoms with Crippen molar-refractivity contribution in [2.24, 2.45) is 0 Å². The summed E-state index contributed by atoms with van der Waals surface area (Å²) in [6.07, 6.45) is 1.52. The van der Waals surface area contributed by atoms with E-state index in [1.807, 2.05) is 54.6 Å². The Morgan fingerprint density at radius 3 is 2.18 bits per heavy atom. The highest BCUT2D eigenvalue weighted by Gasteiger charge is 2.24. The van der Waals surface area contributed by atoms with Crippen molar-refractivity contribution in [3.63, 3.8) is 0 Å². The van der Waals surface area contributed by atoms with Crippen LogP contribution in [0.2, 0.25) is 0 Å². The quantitative estimate of drug-likeness (QED) is 0.385. The minimum absolute atomic E-state index is 0.455. The topological polar surface area (TPSA) is 75.2 Å². The van der Waals surface area contributed by atoms with Gasteiger partial charge >= 0.3 is 0 Å². The highest BCUT2D eigenvalue weighted by molar-refractivity contribution is 6.07. The summed E-state index contributed by atoms with van der Waals surface area (Å²) in [5, 5.41) is 0.843. The number of ether oxygens (including phenoxy) is 2. The number of nitrogens with zero attached hydrogens (tertiary/aromatic N) is 3. The molecule has 0 saturated heterocycles. The van der Waals surface area contributed by atoms with Crippen LogP contribution in [-0.4, -0.2) is 28.8 Å². The molecule has 0 spiro atoms. The molecule has 0 unspecified atom stereocenters. The molecule has 6 nitrogen and oxygen atoms in total. The number of anilines is 1. The molecule has 0 fully saturated rings. The average molecular weight is 437 g/mol. The van der Waals surface area contributed by atoms with Crippen LogP contribution in [0.1, 0.15) is 5.56 Å². The number of fused-ring (bicyclic) bond motifs is 1. The minimum Gasteiger partial charge on any atom is -0.497 e. The van der Waals surface area contributed by atoms with Crippen molar-refractivity contribution in [1.82, 2.24) is 14.5 Å². The van der Waals surface area contributed by atoms with Gasteiger partial charge in [-0.1, -0.05) is 60.7 Å². The molecule has 0 saturated carbocycles. The lowest BCUT2D eigenvalue weighted by atomic mass is 9.99. The normalized spacial score (nSPS) is 11.0. The summed E-state index contributed by atoms with van der Waals surface area (Å²) in [4.78, 5) is 8.98. The van der Waals surface area contributed by atoms with Crippen molar-refractivity contribution >= 4 is 16.9 Å². The Morgan fingerprint density at radius 1 is 0.818 bits per heavy atom. The van der Waals surface area contributed by atoms with Crippen molar-refractivity contribution in [3.8, 4) is 33.9 Å². The molecule has 2 aromatic heterocycles. The molecule has 5 rings (SSSR count). The molecule has 0 atom stereocenters. The van der Waals surface area contributed by atoms with Crippen LogP contribution in [0.15, 0.2) is 85.2 Å². The molecule has 0 amide bonds. The first-order chi connectivity index (χ1) is 16.2. The number of hydrogen-bond donors (Lipinski definition) is 1. The molecule has 164 valence electrons. The fourth-order valence-corrected chi connectivity index (χ4v) is 4.28. The molecule has 5 aromatic rings. The molecule has 0 bridgehead atoms. The fraction of sp³-hybridized carbons (Fsp3) is 0.111. The van der Waals surface area contributed by atoms with Crippen LogP contribution in [0.4, 0.5) is 5.82 Å². The Hall–Kier alpha value is -4.32. The summed E-state index contributed by atoms with van der Waals surface area (Å²) >= 11 is 0. The zero-order valence-electron chi connectivity index (χ0n) is 18.5. The monoisotopic (exact) mass is 436 g/mol. The van der Waals surface area contributed by atoms with Gasteiger partial charge in [-0.15, -0.1) is 0 Å². The molecule has 0 aliphatic rings. The molecule has 0 radical (unpaired) electrons. The molecule has 6 heteroatoms. The summed E-state index contributed by atoms with van der Waals surface area (Å²) in [6, 6.07) is 26.4. The van der Waals surface area contributed by atoms with Crippen LogP contribution in [-0.2, 0) is 6.54 Å². The van der Waals surface area contributed by atoms with Gasteiger partial charge in [0.2, 0.25) is 0 Å². The van der Waals surface area contributed by atoms with Gasteiger partial charge in [-0.2, -0.15) is 0 Å². The Labute approximate surface area is 192 Å². The van der Waals surface area contributed by atoms with Gasteiger partial charge in [0.1, 0.15) is 29.3 Å². The van der Waals surface area contributed by atoms with Gasteiger partial charge in [-0.05, 0) is 23.3 Å². The molecule has 2 N–H and O–H groups in total. The zero-order valence-corrected chi connectivity index (χ0v) is 18.5. The average Bonchev–Trinajstić information content (AvgIpc) is 3.20. The van der Waals surface area contributed by atoms with E-state index in [0.717, 1.165) is 50.5 Å². The van der Waals surface area contributed by atoms with Crippen LogP contribution >= 0.6 is 0 Å². The van der Waals surface area contributed by atoms with Crippen molar-refractivity contribution in [3.05, 3.63) is 90.8 Å². The molecule has 0 aliphatic heterocycles. The van der Waals surface area contributed by atoms with E-state index in [1.165, 1.54) is 6.33 Å². The van der Waals surface area contributed by atoms with Gasteiger partial charge in [0.05, 0.1) is 31.8 Å². The van der Waals surface area contributed by atoms with Crippen LogP contribution < -0.4 is 15.2 Å². The molecule has 33 heavy (non-hydrogen) atoms. The Balaban J connectivity index is 1.84. The van der Waals surface area contributed by atoms with Crippen molar-refractivity contribution in [1.29, 1.82) is 0 Å². The van der Waals surface area contributed by atoms with Crippen LogP contribution in [0.25, 0.3) is 33.4 Å². The predicted octanol–water partition coefficient (Wildman–Crippen LogP) is 5.41. The lowest BCUT2D eigenvalue weighted by Gasteiger charge is -2.15. The first-order valence-electron chi connectivity index (χ1n) is 10.7. The molecular weight excluding hydrogens is 412 g/mol. The highest BCUT2D eigenvalue weighted by atomic mass is 16.5. The van der Waals surface area contributed by atoms with Crippen molar-refractivity contribution in [2.45, 2.75) is 6.54 Å². The standard InChI is InChI=1S/C27H24N4O2/c1-32-21-14-13-20(22(15-21)33-2)16-31-25(19-11-7-4-8-12-19)23(18-9-5-3-6-10-18)24-26(28)29-17-30-27(24)31/h3-15,17H,16H2,1-2H3,(H2,28,29,30). The first kappa shape index (κ1) is 20.6. The molecule has 3 aromatic carbocycles.